The van der Waals surface area contributed by atoms with Gasteiger partial charge in [-0.05, 0) is 46.5 Å². The van der Waals surface area contributed by atoms with Gasteiger partial charge in [-0.25, -0.2) is 0 Å². The summed E-state index contributed by atoms with van der Waals surface area (Å²) in [7, 11) is 1.61. The number of benzene rings is 4. The minimum atomic E-state index is 0.229. The average molecular weight is 302 g/mol. The molecule has 0 aromatic heterocycles. The van der Waals surface area contributed by atoms with Crippen LogP contribution in [-0.2, 0) is 0 Å². The smallest absolute Gasteiger partial charge is 0.168 e. The number of aromatic hydroxyl groups is 1. The number of fused-ring (bicyclic) bond motifs is 4. The minimum Gasteiger partial charge on any atom is -0.504 e. The SMILES string of the molecule is COc1c(O)c2c(C)c3ccccc3c(C)c2c2ccccc12. The molecule has 4 rings (SSSR count). The van der Waals surface area contributed by atoms with Crippen molar-refractivity contribution in [1.82, 2.24) is 0 Å². The van der Waals surface area contributed by atoms with Crippen LogP contribution in [0.1, 0.15) is 11.1 Å². The Morgan fingerprint density at radius 2 is 1.17 bits per heavy atom. The molecular weight excluding hydrogens is 284 g/mol. The van der Waals surface area contributed by atoms with Gasteiger partial charge in [0, 0.05) is 10.8 Å². The number of ether oxygens (including phenoxy) is 1. The number of methoxy groups -OCH3 is 1. The van der Waals surface area contributed by atoms with E-state index < -0.39 is 0 Å². The Bertz CT molecular complexity index is 1080. The molecule has 0 unspecified atom stereocenters. The zero-order valence-corrected chi connectivity index (χ0v) is 13.5. The van der Waals surface area contributed by atoms with E-state index in [1.807, 2.05) is 24.3 Å². The van der Waals surface area contributed by atoms with Crippen LogP contribution in [0, 0.1) is 13.8 Å². The largest absolute Gasteiger partial charge is 0.504 e. The summed E-state index contributed by atoms with van der Waals surface area (Å²) in [5.74, 6) is 0.776. The second-order valence-corrected chi connectivity index (χ2v) is 5.97. The molecular formula is C21H18O2. The summed E-state index contributed by atoms with van der Waals surface area (Å²) >= 11 is 0. The molecule has 23 heavy (non-hydrogen) atoms. The Balaban J connectivity index is 2.42. The average Bonchev–Trinajstić information content (AvgIpc) is 2.59. The first-order valence-electron chi connectivity index (χ1n) is 7.74. The Kier molecular flexibility index (Phi) is 2.95. The number of aryl methyl sites for hydroxylation is 2. The van der Waals surface area contributed by atoms with Gasteiger partial charge < -0.3 is 9.84 Å². The van der Waals surface area contributed by atoms with Gasteiger partial charge in [-0.15, -0.1) is 0 Å². The van der Waals surface area contributed by atoms with E-state index in [0.717, 1.165) is 27.1 Å². The van der Waals surface area contributed by atoms with E-state index in [1.54, 1.807) is 7.11 Å². The highest BCUT2D eigenvalue weighted by molar-refractivity contribution is 6.20. The molecule has 0 heterocycles. The maximum Gasteiger partial charge on any atom is 0.168 e. The third kappa shape index (κ3) is 1.75. The lowest BCUT2D eigenvalue weighted by atomic mass is 9.89. The number of hydrogen-bond acceptors (Lipinski definition) is 2. The van der Waals surface area contributed by atoms with Crippen LogP contribution in [0.4, 0.5) is 0 Å². The number of rotatable bonds is 1. The normalized spacial score (nSPS) is 11.4. The lowest BCUT2D eigenvalue weighted by Gasteiger charge is -2.18. The summed E-state index contributed by atoms with van der Waals surface area (Å²) in [6.45, 7) is 4.19. The lowest BCUT2D eigenvalue weighted by Crippen LogP contribution is -1.93. The van der Waals surface area contributed by atoms with Crippen molar-refractivity contribution in [3.63, 3.8) is 0 Å². The van der Waals surface area contributed by atoms with E-state index in [4.69, 9.17) is 4.74 Å². The summed E-state index contributed by atoms with van der Waals surface area (Å²) < 4.78 is 5.52. The van der Waals surface area contributed by atoms with Crippen LogP contribution >= 0.6 is 0 Å². The quantitative estimate of drug-likeness (QED) is 0.373. The second kappa shape index (κ2) is 4.88. The van der Waals surface area contributed by atoms with Crippen molar-refractivity contribution in [2.24, 2.45) is 0 Å². The topological polar surface area (TPSA) is 29.5 Å². The molecule has 0 fully saturated rings. The third-order valence-corrected chi connectivity index (χ3v) is 4.83. The van der Waals surface area contributed by atoms with Crippen LogP contribution < -0.4 is 4.74 Å². The van der Waals surface area contributed by atoms with Crippen LogP contribution in [0.5, 0.6) is 11.5 Å². The molecule has 0 spiro atoms. The van der Waals surface area contributed by atoms with Gasteiger partial charge >= 0.3 is 0 Å². The number of hydrogen-bond donors (Lipinski definition) is 1. The van der Waals surface area contributed by atoms with Gasteiger partial charge in [-0.3, -0.25) is 0 Å². The molecule has 0 amide bonds. The van der Waals surface area contributed by atoms with Crippen molar-refractivity contribution >= 4 is 32.3 Å². The second-order valence-electron chi connectivity index (χ2n) is 5.97. The molecule has 114 valence electrons. The van der Waals surface area contributed by atoms with Gasteiger partial charge in [0.2, 0.25) is 0 Å². The van der Waals surface area contributed by atoms with E-state index in [0.29, 0.717) is 5.75 Å². The summed E-state index contributed by atoms with van der Waals surface area (Å²) in [5, 5.41) is 17.3. The molecule has 0 saturated carbocycles. The van der Waals surface area contributed by atoms with Crippen molar-refractivity contribution in [3.8, 4) is 11.5 Å². The van der Waals surface area contributed by atoms with Crippen LogP contribution in [0.2, 0.25) is 0 Å². The zero-order valence-electron chi connectivity index (χ0n) is 13.5. The fraction of sp³-hybridized carbons (Fsp3) is 0.143. The van der Waals surface area contributed by atoms with Gasteiger partial charge in [0.25, 0.3) is 0 Å². The van der Waals surface area contributed by atoms with Crippen molar-refractivity contribution in [1.29, 1.82) is 0 Å². The predicted octanol–water partition coefficient (Wildman–Crippen LogP) is 5.48. The predicted molar refractivity (Wildman–Crippen MR) is 96.7 cm³/mol. The summed E-state index contributed by atoms with van der Waals surface area (Å²) in [6, 6.07) is 16.5. The molecule has 4 aromatic rings. The maximum absolute atomic E-state index is 10.9. The van der Waals surface area contributed by atoms with Crippen LogP contribution in [0.15, 0.2) is 48.5 Å². The van der Waals surface area contributed by atoms with E-state index in [9.17, 15) is 5.11 Å². The first kappa shape index (κ1) is 13.9. The Morgan fingerprint density at radius 1 is 0.696 bits per heavy atom. The third-order valence-electron chi connectivity index (χ3n) is 4.83. The zero-order chi connectivity index (χ0) is 16.1. The molecule has 0 saturated heterocycles. The van der Waals surface area contributed by atoms with Crippen LogP contribution in [-0.4, -0.2) is 12.2 Å². The van der Waals surface area contributed by atoms with E-state index in [1.165, 1.54) is 16.3 Å². The van der Waals surface area contributed by atoms with E-state index in [-0.39, 0.29) is 5.75 Å². The van der Waals surface area contributed by atoms with Crippen molar-refractivity contribution in [2.75, 3.05) is 7.11 Å². The fourth-order valence-electron chi connectivity index (χ4n) is 3.76. The van der Waals surface area contributed by atoms with Gasteiger partial charge in [-0.2, -0.15) is 0 Å². The molecule has 0 aliphatic carbocycles. The maximum atomic E-state index is 10.9. The van der Waals surface area contributed by atoms with Gasteiger partial charge in [-0.1, -0.05) is 48.5 Å². The first-order chi connectivity index (χ1) is 11.1. The molecule has 4 aromatic carbocycles. The first-order valence-corrected chi connectivity index (χ1v) is 7.74. The van der Waals surface area contributed by atoms with Gasteiger partial charge in [0.15, 0.2) is 11.5 Å². The van der Waals surface area contributed by atoms with Gasteiger partial charge in [0.1, 0.15) is 0 Å². The molecule has 0 atom stereocenters. The minimum absolute atomic E-state index is 0.229. The summed E-state index contributed by atoms with van der Waals surface area (Å²) in [6.07, 6.45) is 0. The molecule has 2 heteroatoms. The molecule has 0 bridgehead atoms. The highest BCUT2D eigenvalue weighted by atomic mass is 16.5. The molecule has 0 aliphatic rings. The Labute approximate surface area is 134 Å². The number of phenolic OH excluding ortho intramolecular Hbond substituents is 1. The molecule has 0 aliphatic heterocycles. The van der Waals surface area contributed by atoms with Crippen molar-refractivity contribution in [2.45, 2.75) is 13.8 Å². The monoisotopic (exact) mass is 302 g/mol. The number of phenols is 1. The molecule has 2 nitrogen and oxygen atoms in total. The fourth-order valence-corrected chi connectivity index (χ4v) is 3.76. The van der Waals surface area contributed by atoms with E-state index >= 15 is 0 Å². The standard InChI is InChI=1S/C21H18O2/c1-12-14-8-4-5-9-15(14)13(2)19-18(12)16-10-6-7-11-17(16)21(23-3)20(19)22/h4-11,22H,1-3H3. The van der Waals surface area contributed by atoms with Crippen molar-refractivity contribution in [3.05, 3.63) is 59.7 Å². The lowest BCUT2D eigenvalue weighted by molar-refractivity contribution is 0.381. The highest BCUT2D eigenvalue weighted by Crippen LogP contribution is 2.47. The summed E-state index contributed by atoms with van der Waals surface area (Å²) in [4.78, 5) is 0. The Hall–Kier alpha value is -2.74. The van der Waals surface area contributed by atoms with Crippen LogP contribution in [0.3, 0.4) is 0 Å². The highest BCUT2D eigenvalue weighted by Gasteiger charge is 2.19. The summed E-state index contributed by atoms with van der Waals surface area (Å²) in [5.41, 5.74) is 2.28. The van der Waals surface area contributed by atoms with Crippen molar-refractivity contribution < 1.29 is 9.84 Å². The van der Waals surface area contributed by atoms with E-state index in [2.05, 4.69) is 38.1 Å². The molecule has 0 radical (unpaired) electrons. The van der Waals surface area contributed by atoms with Gasteiger partial charge in [0.05, 0.1) is 7.11 Å². The van der Waals surface area contributed by atoms with Crippen LogP contribution in [0.25, 0.3) is 32.3 Å². The molecule has 1 N–H and O–H groups in total. The Morgan fingerprint density at radius 3 is 1.74 bits per heavy atom.